The molecule has 0 spiro atoms. The Kier molecular flexibility index (Phi) is 48.4. The van der Waals surface area contributed by atoms with Crippen molar-refractivity contribution in [1.82, 2.24) is 5.32 Å². The van der Waals surface area contributed by atoms with Crippen molar-refractivity contribution in [2.24, 2.45) is 23.1 Å². The molecule has 0 heterocycles. The Labute approximate surface area is 415 Å². The molecule has 0 fully saturated rings. The summed E-state index contributed by atoms with van der Waals surface area (Å²) in [5, 5.41) is 53.9. The van der Waals surface area contributed by atoms with E-state index in [4.69, 9.17) is 41.8 Å². The molecular formula is C55H80N4O11. The summed E-state index contributed by atoms with van der Waals surface area (Å²) in [5.74, 6) is -2.48. The molecular weight excluding hydrogens is 893 g/mol. The number of unbranched alkanes of at least 4 members (excludes halogenated alkanes) is 4. The number of carboxylic acids is 2. The number of benzene rings is 3. The lowest BCUT2D eigenvalue weighted by Crippen LogP contribution is -2.52. The molecule has 1 unspecified atom stereocenters. The van der Waals surface area contributed by atoms with E-state index in [0.29, 0.717) is 12.8 Å². The van der Waals surface area contributed by atoms with Crippen LogP contribution >= 0.6 is 0 Å². The number of urea groups is 1. The van der Waals surface area contributed by atoms with Gasteiger partial charge in [0.2, 0.25) is 0 Å². The van der Waals surface area contributed by atoms with Crippen molar-refractivity contribution >= 4 is 36.0 Å². The summed E-state index contributed by atoms with van der Waals surface area (Å²) in [7, 11) is 0. The second-order valence-corrected chi connectivity index (χ2v) is 15.5. The average Bonchev–Trinajstić information content (AvgIpc) is 3.35. The topological polar surface area (TPSA) is 300 Å². The van der Waals surface area contributed by atoms with Crippen molar-refractivity contribution in [2.45, 2.75) is 116 Å². The maximum Gasteiger partial charge on any atom is 0.326 e. The number of aliphatic carboxylic acids is 2. The standard InChI is InChI=1S/C20H32O2.C18H16.C16H24N2O4.CH4N2O.2H2O2/c1-2-3-4-5-6-7-8-9-10-11-12-13-14-15-16-17-18-19-20(21)22;1(5-11-17-13-7-3-8-14-17)2-6-12-18-15-9-4-10-16-18;1-10(2)8-13(16(21)22)18-15(20)14(19)12(17)9-11-6-4-3-5-7-11;2-1(3)4;2*1-2/h6-7,9-10,12-13,15-16H,2-5,8,11,14,17-19H2,1H3,(H,21,22);1-16H;3-7,10,12-14,19H,8-9,17H2,1-2H3,(H,18,20)(H,21,22);(H4,2,3,4);2*1-2H/b7-6-,10-9-,13-12-,16-15-;2-1+,11-5+,12-6+;;;;/t;;12-,13?,14+;;;/m..1.../s1. The van der Waals surface area contributed by atoms with Gasteiger partial charge in [-0.1, -0.05) is 210 Å². The number of primary amides is 2. The Morgan fingerprint density at radius 3 is 1.39 bits per heavy atom. The van der Waals surface area contributed by atoms with Gasteiger partial charge in [0.05, 0.1) is 0 Å². The van der Waals surface area contributed by atoms with Crippen LogP contribution in [0.2, 0.25) is 0 Å². The van der Waals surface area contributed by atoms with Gasteiger partial charge in [0.1, 0.15) is 12.1 Å². The summed E-state index contributed by atoms with van der Waals surface area (Å²) in [4.78, 5) is 42.4. The number of hydrogen-bond acceptors (Lipinski definition) is 10. The van der Waals surface area contributed by atoms with Crippen LogP contribution in [0.3, 0.4) is 0 Å². The van der Waals surface area contributed by atoms with Gasteiger partial charge in [-0.15, -0.1) is 0 Å². The molecule has 3 rings (SSSR count). The van der Waals surface area contributed by atoms with Crippen molar-refractivity contribution < 1.29 is 55.5 Å². The fourth-order valence-corrected chi connectivity index (χ4v) is 5.66. The third-order valence-corrected chi connectivity index (χ3v) is 9.04. The smallest absolute Gasteiger partial charge is 0.326 e. The fraction of sp³-hybridized carbons (Fsp3) is 0.345. The van der Waals surface area contributed by atoms with E-state index in [0.717, 1.165) is 37.7 Å². The number of carboxylic acid groups (broad SMARTS) is 2. The van der Waals surface area contributed by atoms with Crippen molar-refractivity contribution in [1.29, 1.82) is 0 Å². The van der Waals surface area contributed by atoms with E-state index in [1.165, 1.54) is 36.8 Å². The van der Waals surface area contributed by atoms with Gasteiger partial charge in [0, 0.05) is 12.5 Å². The van der Waals surface area contributed by atoms with Gasteiger partial charge in [-0.3, -0.25) is 30.6 Å². The minimum atomic E-state index is -1.45. The zero-order valence-electron chi connectivity index (χ0n) is 41.0. The monoisotopic (exact) mass is 973 g/mol. The lowest BCUT2D eigenvalue weighted by molar-refractivity contribution is -0.176. The summed E-state index contributed by atoms with van der Waals surface area (Å²) in [6.45, 7) is 5.95. The van der Waals surface area contributed by atoms with Crippen LogP contribution in [0.1, 0.15) is 108 Å². The third-order valence-electron chi connectivity index (χ3n) is 9.04. The molecule has 386 valence electrons. The molecule has 0 radical (unpaired) electrons. The molecule has 0 aromatic heterocycles. The van der Waals surface area contributed by atoms with E-state index in [-0.39, 0.29) is 12.3 Å². The highest BCUT2D eigenvalue weighted by Gasteiger charge is 2.28. The molecule has 0 aliphatic carbocycles. The lowest BCUT2D eigenvalue weighted by Gasteiger charge is -2.22. The van der Waals surface area contributed by atoms with Gasteiger partial charge in [-0.2, -0.15) is 0 Å². The highest BCUT2D eigenvalue weighted by Crippen LogP contribution is 2.09. The number of rotatable bonds is 26. The maximum atomic E-state index is 12.0. The summed E-state index contributed by atoms with van der Waals surface area (Å²) in [6.07, 6.45) is 38.9. The van der Waals surface area contributed by atoms with Crippen molar-refractivity contribution in [2.75, 3.05) is 0 Å². The minimum Gasteiger partial charge on any atom is -0.481 e. The van der Waals surface area contributed by atoms with E-state index in [9.17, 15) is 19.5 Å². The van der Waals surface area contributed by atoms with Crippen LogP contribution in [-0.2, 0) is 20.8 Å². The number of allylic oxidation sites excluding steroid dienone is 12. The number of aliphatic hydroxyl groups excluding tert-OH is 1. The molecule has 15 heteroatoms. The minimum absolute atomic E-state index is 0.108. The van der Waals surface area contributed by atoms with Gasteiger partial charge in [-0.25, -0.2) is 9.59 Å². The Hall–Kier alpha value is -6.72. The second kappa shape index (κ2) is 50.2. The van der Waals surface area contributed by atoms with E-state index >= 15 is 0 Å². The zero-order valence-corrected chi connectivity index (χ0v) is 41.0. The first-order chi connectivity index (χ1) is 33.8. The summed E-state index contributed by atoms with van der Waals surface area (Å²) >= 11 is 0. The first-order valence-corrected chi connectivity index (χ1v) is 23.2. The fourth-order valence-electron chi connectivity index (χ4n) is 5.66. The predicted molar refractivity (Wildman–Crippen MR) is 284 cm³/mol. The van der Waals surface area contributed by atoms with Gasteiger partial charge < -0.3 is 37.8 Å². The van der Waals surface area contributed by atoms with Crippen LogP contribution in [0.25, 0.3) is 12.2 Å². The molecule has 3 aromatic carbocycles. The van der Waals surface area contributed by atoms with E-state index in [2.05, 4.69) is 109 Å². The Morgan fingerprint density at radius 2 is 1.00 bits per heavy atom. The lowest BCUT2D eigenvalue weighted by atomic mass is 10.00. The van der Waals surface area contributed by atoms with E-state index in [1.54, 1.807) is 0 Å². The highest BCUT2D eigenvalue weighted by atomic mass is 17.0. The van der Waals surface area contributed by atoms with E-state index in [1.807, 2.05) is 105 Å². The zero-order chi connectivity index (χ0) is 53.0. The molecule has 0 aliphatic rings. The van der Waals surface area contributed by atoms with Crippen LogP contribution < -0.4 is 22.5 Å². The molecule has 14 N–H and O–H groups in total. The van der Waals surface area contributed by atoms with Gasteiger partial charge in [0.25, 0.3) is 5.91 Å². The van der Waals surface area contributed by atoms with Crippen LogP contribution in [0.15, 0.2) is 164 Å². The molecule has 15 nitrogen and oxygen atoms in total. The quantitative estimate of drug-likeness (QED) is 0.0118. The van der Waals surface area contributed by atoms with Gasteiger partial charge in [0.15, 0.2) is 0 Å². The largest absolute Gasteiger partial charge is 0.481 e. The molecule has 0 aliphatic heterocycles. The van der Waals surface area contributed by atoms with Crippen LogP contribution in [0.5, 0.6) is 0 Å². The molecule has 0 saturated carbocycles. The molecule has 3 atom stereocenters. The second-order valence-electron chi connectivity index (χ2n) is 15.5. The normalized spacial score (nSPS) is 12.2. The number of carbonyl (C=O) groups is 4. The number of amides is 3. The first-order valence-electron chi connectivity index (χ1n) is 23.2. The van der Waals surface area contributed by atoms with Crippen LogP contribution in [0.4, 0.5) is 4.79 Å². The number of nitrogens with two attached hydrogens (primary N) is 3. The summed E-state index contributed by atoms with van der Waals surface area (Å²) < 4.78 is 0. The van der Waals surface area contributed by atoms with E-state index < -0.39 is 42.1 Å². The number of carbonyl (C=O) groups excluding carboxylic acids is 2. The Morgan fingerprint density at radius 1 is 0.600 bits per heavy atom. The van der Waals surface area contributed by atoms with Crippen LogP contribution in [0, 0.1) is 5.92 Å². The van der Waals surface area contributed by atoms with Crippen LogP contribution in [-0.4, -0.2) is 78.4 Å². The molecule has 0 saturated heterocycles. The Balaban J connectivity index is -0.000000895. The number of nitrogens with one attached hydrogen (secondary N) is 1. The molecule has 3 amide bonds. The van der Waals surface area contributed by atoms with Crippen molar-refractivity contribution in [3.63, 3.8) is 0 Å². The first kappa shape index (κ1) is 67.5. The van der Waals surface area contributed by atoms with Crippen molar-refractivity contribution in [3.8, 4) is 0 Å². The highest BCUT2D eigenvalue weighted by molar-refractivity contribution is 5.86. The predicted octanol–water partition coefficient (Wildman–Crippen LogP) is 10.8. The summed E-state index contributed by atoms with van der Waals surface area (Å²) in [6, 6.07) is 27.2. The average molecular weight is 973 g/mol. The molecule has 3 aromatic rings. The molecule has 70 heavy (non-hydrogen) atoms. The SMILES string of the molecule is C(=C\C=C\c1ccccc1)/C=C/c1ccccc1.CC(C)CC(NC(=O)[C@@H](O)[C@H](N)Cc1ccccc1)C(=O)O.CCCCC/C=C\C/C=C\C/C=C\C/C=C\CCCC(=O)O.NC(N)=O.OO.OO. The van der Waals surface area contributed by atoms with Gasteiger partial charge in [-0.05, 0) is 80.4 Å². The third kappa shape index (κ3) is 46.4. The Bertz CT molecular complexity index is 1880. The van der Waals surface area contributed by atoms with Crippen molar-refractivity contribution in [3.05, 3.63) is 181 Å². The number of hydrogen-bond donors (Lipinski definition) is 11. The summed E-state index contributed by atoms with van der Waals surface area (Å²) in [5.41, 5.74) is 17.7. The number of aliphatic hydroxyl groups is 1. The van der Waals surface area contributed by atoms with Gasteiger partial charge >= 0.3 is 18.0 Å². The maximum absolute atomic E-state index is 12.0. The molecule has 0 bridgehead atoms.